The lowest BCUT2D eigenvalue weighted by atomic mass is 10.2. The minimum Gasteiger partial charge on any atom is -0.272 e. The second kappa shape index (κ2) is 11.8. The summed E-state index contributed by atoms with van der Waals surface area (Å²) >= 11 is 7.09. The fourth-order valence-corrected chi connectivity index (χ4v) is 3.64. The Balaban J connectivity index is 1.44. The summed E-state index contributed by atoms with van der Waals surface area (Å²) in [7, 11) is 0. The van der Waals surface area contributed by atoms with Crippen LogP contribution < -0.4 is 5.43 Å². The van der Waals surface area contributed by atoms with Crippen LogP contribution in [-0.2, 0) is 4.79 Å². The Morgan fingerprint density at radius 2 is 1.69 bits per heavy atom. The van der Waals surface area contributed by atoms with E-state index in [1.807, 2.05) is 12.1 Å². The first-order chi connectivity index (χ1) is 17.5. The van der Waals surface area contributed by atoms with Crippen molar-refractivity contribution in [3.05, 3.63) is 99.3 Å². The van der Waals surface area contributed by atoms with Crippen molar-refractivity contribution in [1.82, 2.24) is 25.3 Å². The number of nitrogens with one attached hydrogen (secondary N) is 1. The summed E-state index contributed by atoms with van der Waals surface area (Å²) in [6.07, 6.45) is 6.32. The maximum absolute atomic E-state index is 12.3. The number of hydrogen-bond donors (Lipinski definition) is 1. The number of hydrogen-bond acceptors (Lipinski definition) is 9. The Bertz CT molecular complexity index is 1410. The van der Waals surface area contributed by atoms with Gasteiger partial charge in [-0.15, -0.1) is 10.2 Å². The molecule has 0 atom stereocenters. The highest BCUT2D eigenvalue weighted by Crippen LogP contribution is 2.23. The molecule has 13 heteroatoms. The van der Waals surface area contributed by atoms with E-state index in [-0.39, 0.29) is 17.3 Å². The number of nitrogens with zero attached hydrogens (tertiary/aromatic N) is 7. The van der Waals surface area contributed by atoms with Gasteiger partial charge in [0.2, 0.25) is 5.16 Å². The van der Waals surface area contributed by atoms with Crippen LogP contribution in [-0.4, -0.2) is 48.9 Å². The standard InChI is InChI=1S/C23H17ClN8O3S/c24-19-5-1-17(2-6-19)14-27-31-22(18-9-11-25-12-10-18)29-30-23(31)36-15-21(33)28-26-13-16-3-7-20(8-4-16)32(34)35/h1-14H,15H2,(H,28,33)/b26-13+,27-14+. The summed E-state index contributed by atoms with van der Waals surface area (Å²) in [6, 6.07) is 16.5. The van der Waals surface area contributed by atoms with Gasteiger partial charge in [-0.1, -0.05) is 35.5 Å². The third kappa shape index (κ3) is 6.58. The van der Waals surface area contributed by atoms with Crippen LogP contribution >= 0.6 is 23.4 Å². The second-order valence-corrected chi connectivity index (χ2v) is 8.46. The number of amides is 1. The van der Waals surface area contributed by atoms with E-state index >= 15 is 0 Å². The third-order valence-corrected chi connectivity index (χ3v) is 5.75. The van der Waals surface area contributed by atoms with Crippen LogP contribution in [0.5, 0.6) is 0 Å². The van der Waals surface area contributed by atoms with Crippen molar-refractivity contribution in [2.45, 2.75) is 5.16 Å². The molecule has 0 aliphatic rings. The molecule has 0 unspecified atom stereocenters. The highest BCUT2D eigenvalue weighted by Gasteiger charge is 2.15. The molecule has 2 aromatic heterocycles. The van der Waals surface area contributed by atoms with Gasteiger partial charge in [0, 0.05) is 35.1 Å². The Labute approximate surface area is 214 Å². The molecule has 4 rings (SSSR count). The van der Waals surface area contributed by atoms with Crippen LogP contribution in [0.1, 0.15) is 11.1 Å². The number of non-ortho nitro benzene ring substituents is 1. The zero-order valence-corrected chi connectivity index (χ0v) is 20.0. The third-order valence-electron chi connectivity index (χ3n) is 4.58. The largest absolute Gasteiger partial charge is 0.272 e. The Morgan fingerprint density at radius 3 is 2.39 bits per heavy atom. The SMILES string of the molecule is O=C(CSc1nnc(-c2ccncc2)n1/N=C/c1ccc(Cl)cc1)N/N=C/c1ccc([N+](=O)[O-])cc1. The van der Waals surface area contributed by atoms with Gasteiger partial charge >= 0.3 is 0 Å². The maximum atomic E-state index is 12.3. The van der Waals surface area contributed by atoms with E-state index in [1.54, 1.807) is 47.5 Å². The number of carbonyl (C=O) groups is 1. The molecule has 0 radical (unpaired) electrons. The maximum Gasteiger partial charge on any atom is 0.269 e. The van der Waals surface area contributed by atoms with Gasteiger partial charge in [-0.05, 0) is 47.5 Å². The average Bonchev–Trinajstić information content (AvgIpc) is 3.30. The summed E-state index contributed by atoms with van der Waals surface area (Å²) in [6.45, 7) is 0. The van der Waals surface area contributed by atoms with Gasteiger partial charge in [0.15, 0.2) is 5.82 Å². The minimum absolute atomic E-state index is 0.00252. The fourth-order valence-electron chi connectivity index (χ4n) is 2.84. The zero-order valence-electron chi connectivity index (χ0n) is 18.4. The van der Waals surface area contributed by atoms with Crippen LogP contribution in [0.2, 0.25) is 5.02 Å². The van der Waals surface area contributed by atoms with E-state index in [0.29, 0.717) is 21.6 Å². The molecule has 2 heterocycles. The first kappa shape index (κ1) is 24.7. The summed E-state index contributed by atoms with van der Waals surface area (Å²) < 4.78 is 1.54. The van der Waals surface area contributed by atoms with Crippen LogP contribution in [0.15, 0.2) is 88.4 Å². The number of aromatic nitrogens is 4. The lowest BCUT2D eigenvalue weighted by Gasteiger charge is -2.04. The number of thioether (sulfide) groups is 1. The highest BCUT2D eigenvalue weighted by molar-refractivity contribution is 7.99. The molecule has 0 aliphatic heterocycles. The predicted octanol–water partition coefficient (Wildman–Crippen LogP) is 4.03. The van der Waals surface area contributed by atoms with Crippen molar-refractivity contribution in [3.63, 3.8) is 0 Å². The normalized spacial score (nSPS) is 11.2. The van der Waals surface area contributed by atoms with Gasteiger partial charge in [0.25, 0.3) is 11.6 Å². The van der Waals surface area contributed by atoms with Gasteiger partial charge in [-0.2, -0.15) is 14.9 Å². The lowest BCUT2D eigenvalue weighted by Crippen LogP contribution is -2.19. The molecule has 2 aromatic carbocycles. The Kier molecular flexibility index (Phi) is 8.11. The molecule has 0 aliphatic carbocycles. The second-order valence-electron chi connectivity index (χ2n) is 7.08. The molecule has 0 fully saturated rings. The number of halogens is 1. The number of benzene rings is 2. The van der Waals surface area contributed by atoms with Crippen LogP contribution in [0.25, 0.3) is 11.4 Å². The van der Waals surface area contributed by atoms with Crippen LogP contribution in [0.3, 0.4) is 0 Å². The van der Waals surface area contributed by atoms with Gasteiger partial charge in [-0.3, -0.25) is 19.9 Å². The number of hydrazone groups is 1. The first-order valence-electron chi connectivity index (χ1n) is 10.3. The minimum atomic E-state index is -0.488. The van der Waals surface area contributed by atoms with Crippen molar-refractivity contribution >= 4 is 47.4 Å². The monoisotopic (exact) mass is 520 g/mol. The summed E-state index contributed by atoms with van der Waals surface area (Å²) in [5.74, 6) is 0.115. The van der Waals surface area contributed by atoms with Gasteiger partial charge < -0.3 is 0 Å². The molecule has 1 N–H and O–H groups in total. The van der Waals surface area contributed by atoms with Crippen molar-refractivity contribution in [2.24, 2.45) is 10.2 Å². The van der Waals surface area contributed by atoms with Gasteiger partial charge in [-0.25, -0.2) is 5.43 Å². The van der Waals surface area contributed by atoms with Gasteiger partial charge in [0.05, 0.1) is 23.1 Å². The van der Waals surface area contributed by atoms with Gasteiger partial charge in [0.1, 0.15) is 0 Å². The molecule has 11 nitrogen and oxygen atoms in total. The van der Waals surface area contributed by atoms with Crippen molar-refractivity contribution < 1.29 is 9.72 Å². The number of carbonyl (C=O) groups excluding carboxylic acids is 1. The molecule has 1 amide bonds. The van der Waals surface area contributed by atoms with E-state index in [9.17, 15) is 14.9 Å². The van der Waals surface area contributed by atoms with Crippen molar-refractivity contribution in [2.75, 3.05) is 5.75 Å². The van der Waals surface area contributed by atoms with E-state index in [0.717, 1.165) is 22.9 Å². The van der Waals surface area contributed by atoms with E-state index < -0.39 is 4.92 Å². The molecule has 0 bridgehead atoms. The molecular formula is C23H17ClN8O3S. The number of rotatable bonds is 9. The topological polar surface area (TPSA) is 141 Å². The molecule has 36 heavy (non-hydrogen) atoms. The fraction of sp³-hybridized carbons (Fsp3) is 0.0435. The summed E-state index contributed by atoms with van der Waals surface area (Å²) in [4.78, 5) is 26.6. The van der Waals surface area contributed by atoms with Crippen molar-refractivity contribution in [3.8, 4) is 11.4 Å². The molecule has 0 saturated heterocycles. The van der Waals surface area contributed by atoms with Crippen LogP contribution in [0, 0.1) is 10.1 Å². The molecular weight excluding hydrogens is 504 g/mol. The van der Waals surface area contributed by atoms with E-state index in [2.05, 4.69) is 30.8 Å². The van der Waals surface area contributed by atoms with E-state index in [1.165, 1.54) is 30.5 Å². The number of pyridine rings is 1. The Hall–Kier alpha value is -4.42. The average molecular weight is 521 g/mol. The molecule has 0 spiro atoms. The molecule has 0 saturated carbocycles. The van der Waals surface area contributed by atoms with Crippen molar-refractivity contribution in [1.29, 1.82) is 0 Å². The summed E-state index contributed by atoms with van der Waals surface area (Å²) in [5, 5.41) is 28.6. The zero-order chi connectivity index (χ0) is 25.3. The summed E-state index contributed by atoms with van der Waals surface area (Å²) in [5.41, 5.74) is 4.58. The lowest BCUT2D eigenvalue weighted by molar-refractivity contribution is -0.384. The van der Waals surface area contributed by atoms with Crippen LogP contribution in [0.4, 0.5) is 5.69 Å². The smallest absolute Gasteiger partial charge is 0.269 e. The highest BCUT2D eigenvalue weighted by atomic mass is 35.5. The molecule has 4 aromatic rings. The predicted molar refractivity (Wildman–Crippen MR) is 137 cm³/mol. The first-order valence-corrected chi connectivity index (χ1v) is 11.7. The number of nitro benzene ring substituents is 1. The number of nitro groups is 1. The Morgan fingerprint density at radius 1 is 1.03 bits per heavy atom. The molecule has 180 valence electrons. The quantitative estimate of drug-likeness (QED) is 0.152. The van der Waals surface area contributed by atoms with E-state index in [4.69, 9.17) is 11.6 Å².